The Hall–Kier alpha value is -3.22. The summed E-state index contributed by atoms with van der Waals surface area (Å²) >= 11 is 0. The van der Waals surface area contributed by atoms with Crippen molar-refractivity contribution in [2.75, 3.05) is 14.1 Å². The number of nitrogens with zero attached hydrogens (tertiary/aromatic N) is 2. The summed E-state index contributed by atoms with van der Waals surface area (Å²) in [5.74, 6) is -1.10. The second-order valence-electron chi connectivity index (χ2n) is 5.69. The lowest BCUT2D eigenvalue weighted by molar-refractivity contribution is -0.385. The number of nitro benzene ring substituents is 1. The molecule has 0 aromatic heterocycles. The molecule has 2 rings (SSSR count). The molecule has 7 nitrogen and oxygen atoms in total. The van der Waals surface area contributed by atoms with E-state index in [1.54, 1.807) is 44.4 Å². The Balaban J connectivity index is 2.30. The molecule has 0 saturated heterocycles. The molecular formula is C18H18N2O5. The molecule has 25 heavy (non-hydrogen) atoms. The molecule has 0 aliphatic heterocycles. The fourth-order valence-electron chi connectivity index (χ4n) is 2.29. The number of ether oxygens (including phenoxy) is 1. The second kappa shape index (κ2) is 7.57. The van der Waals surface area contributed by atoms with Crippen LogP contribution >= 0.6 is 0 Å². The Kier molecular flexibility index (Phi) is 5.49. The van der Waals surface area contributed by atoms with Crippen LogP contribution < -0.4 is 0 Å². The summed E-state index contributed by atoms with van der Waals surface area (Å²) in [6.45, 7) is 1.54. The predicted molar refractivity (Wildman–Crippen MR) is 91.1 cm³/mol. The van der Waals surface area contributed by atoms with Gasteiger partial charge in [0.05, 0.1) is 10.5 Å². The lowest BCUT2D eigenvalue weighted by atomic mass is 10.1. The van der Waals surface area contributed by atoms with Gasteiger partial charge in [-0.3, -0.25) is 14.9 Å². The van der Waals surface area contributed by atoms with Gasteiger partial charge in [-0.15, -0.1) is 0 Å². The fourth-order valence-corrected chi connectivity index (χ4v) is 2.29. The van der Waals surface area contributed by atoms with Gasteiger partial charge in [0.25, 0.3) is 11.6 Å². The molecule has 0 spiro atoms. The molecule has 0 saturated carbocycles. The van der Waals surface area contributed by atoms with E-state index >= 15 is 0 Å². The van der Waals surface area contributed by atoms with Crippen molar-refractivity contribution in [3.8, 4) is 0 Å². The molecule has 130 valence electrons. The minimum Gasteiger partial charge on any atom is -0.444 e. The zero-order chi connectivity index (χ0) is 18.6. The van der Waals surface area contributed by atoms with Crippen LogP contribution in [0.2, 0.25) is 0 Å². The summed E-state index contributed by atoms with van der Waals surface area (Å²) in [4.78, 5) is 36.5. The van der Waals surface area contributed by atoms with Gasteiger partial charge < -0.3 is 9.64 Å². The molecule has 1 unspecified atom stereocenters. The third kappa shape index (κ3) is 4.20. The van der Waals surface area contributed by atoms with Crippen LogP contribution in [0.25, 0.3) is 0 Å². The molecule has 2 aromatic rings. The van der Waals surface area contributed by atoms with E-state index in [1.165, 1.54) is 30.0 Å². The number of rotatable bonds is 5. The number of nitro groups is 1. The number of benzene rings is 2. The first-order chi connectivity index (χ1) is 11.8. The van der Waals surface area contributed by atoms with Crippen LogP contribution in [0.4, 0.5) is 5.69 Å². The zero-order valence-electron chi connectivity index (χ0n) is 14.1. The lowest BCUT2D eigenvalue weighted by Crippen LogP contribution is -2.31. The standard InChI is InChI=1S/C18H18N2O5/c1-12-11-14(9-10-15(12)20(23)24)18(22)25-16(17(21)19(2)3)13-7-5-4-6-8-13/h4-11,16H,1-3H3. The Bertz CT molecular complexity index is 802. The Morgan fingerprint density at radius 3 is 2.28 bits per heavy atom. The first-order valence-electron chi connectivity index (χ1n) is 7.53. The van der Waals surface area contributed by atoms with Crippen molar-refractivity contribution in [2.24, 2.45) is 0 Å². The summed E-state index contributed by atoms with van der Waals surface area (Å²) in [6.07, 6.45) is -1.08. The fraction of sp³-hybridized carbons (Fsp3) is 0.222. The molecule has 0 N–H and O–H groups in total. The van der Waals surface area contributed by atoms with Crippen LogP contribution in [0.3, 0.4) is 0 Å². The molecule has 0 bridgehead atoms. The number of carbonyl (C=O) groups is 2. The second-order valence-corrected chi connectivity index (χ2v) is 5.69. The Labute approximate surface area is 145 Å². The van der Waals surface area contributed by atoms with E-state index in [-0.39, 0.29) is 17.2 Å². The highest BCUT2D eigenvalue weighted by Gasteiger charge is 2.27. The molecule has 0 fully saturated rings. The van der Waals surface area contributed by atoms with Crippen molar-refractivity contribution in [2.45, 2.75) is 13.0 Å². The van der Waals surface area contributed by atoms with Crippen LogP contribution in [0.15, 0.2) is 48.5 Å². The summed E-state index contributed by atoms with van der Waals surface area (Å²) in [6, 6.07) is 12.6. The number of likely N-dealkylation sites (N-methyl/N-ethyl adjacent to an activating group) is 1. The highest BCUT2D eigenvalue weighted by Crippen LogP contribution is 2.23. The van der Waals surface area contributed by atoms with Crippen molar-refractivity contribution < 1.29 is 19.2 Å². The summed E-state index contributed by atoms with van der Waals surface area (Å²) in [7, 11) is 3.14. The SMILES string of the molecule is Cc1cc(C(=O)OC(C(=O)N(C)C)c2ccccc2)ccc1[N+](=O)[O-]. The Morgan fingerprint density at radius 2 is 1.76 bits per heavy atom. The van der Waals surface area contributed by atoms with Crippen LogP contribution in [0.1, 0.15) is 27.6 Å². The number of hydrogen-bond acceptors (Lipinski definition) is 5. The van der Waals surface area contributed by atoms with Crippen LogP contribution in [-0.2, 0) is 9.53 Å². The largest absolute Gasteiger partial charge is 0.444 e. The van der Waals surface area contributed by atoms with E-state index in [0.717, 1.165) is 0 Å². The summed E-state index contributed by atoms with van der Waals surface area (Å²) in [5.41, 5.74) is 0.957. The highest BCUT2D eigenvalue weighted by molar-refractivity contribution is 5.93. The number of hydrogen-bond donors (Lipinski definition) is 0. The molecule has 1 amide bonds. The molecule has 0 aliphatic carbocycles. The number of aryl methyl sites for hydroxylation is 1. The molecule has 2 aromatic carbocycles. The minimum absolute atomic E-state index is 0.0828. The normalized spacial score (nSPS) is 11.5. The Morgan fingerprint density at radius 1 is 1.12 bits per heavy atom. The maximum atomic E-state index is 12.4. The molecule has 1 atom stereocenters. The van der Waals surface area contributed by atoms with Crippen molar-refractivity contribution >= 4 is 17.6 Å². The van der Waals surface area contributed by atoms with Crippen molar-refractivity contribution in [1.29, 1.82) is 0 Å². The number of amides is 1. The molecule has 0 heterocycles. The molecule has 0 radical (unpaired) electrons. The van der Waals surface area contributed by atoms with Gasteiger partial charge in [0.1, 0.15) is 0 Å². The van der Waals surface area contributed by atoms with Gasteiger partial charge in [-0.1, -0.05) is 30.3 Å². The average Bonchev–Trinajstić information content (AvgIpc) is 2.59. The van der Waals surface area contributed by atoms with E-state index in [1.807, 2.05) is 0 Å². The van der Waals surface area contributed by atoms with Crippen LogP contribution in [0.5, 0.6) is 0 Å². The zero-order valence-corrected chi connectivity index (χ0v) is 14.1. The number of carbonyl (C=O) groups excluding carboxylic acids is 2. The maximum absolute atomic E-state index is 12.4. The monoisotopic (exact) mass is 342 g/mol. The van der Waals surface area contributed by atoms with Gasteiger partial charge >= 0.3 is 5.97 Å². The third-order valence-electron chi connectivity index (χ3n) is 3.62. The topological polar surface area (TPSA) is 89.8 Å². The maximum Gasteiger partial charge on any atom is 0.339 e. The highest BCUT2D eigenvalue weighted by atomic mass is 16.6. The summed E-state index contributed by atoms with van der Waals surface area (Å²) in [5, 5.41) is 10.9. The molecule has 0 aliphatic rings. The third-order valence-corrected chi connectivity index (χ3v) is 3.62. The summed E-state index contributed by atoms with van der Waals surface area (Å²) < 4.78 is 5.40. The van der Waals surface area contributed by atoms with E-state index < -0.39 is 17.0 Å². The van der Waals surface area contributed by atoms with Gasteiger partial charge in [0.15, 0.2) is 0 Å². The molecular weight excluding hydrogens is 324 g/mol. The van der Waals surface area contributed by atoms with Gasteiger partial charge in [-0.2, -0.15) is 0 Å². The van der Waals surface area contributed by atoms with Gasteiger partial charge in [0.2, 0.25) is 6.10 Å². The smallest absolute Gasteiger partial charge is 0.339 e. The average molecular weight is 342 g/mol. The van der Waals surface area contributed by atoms with E-state index in [9.17, 15) is 19.7 Å². The van der Waals surface area contributed by atoms with Gasteiger partial charge in [-0.05, 0) is 19.1 Å². The quantitative estimate of drug-likeness (QED) is 0.473. The van der Waals surface area contributed by atoms with E-state index in [0.29, 0.717) is 11.1 Å². The minimum atomic E-state index is -1.08. The first-order valence-corrected chi connectivity index (χ1v) is 7.53. The van der Waals surface area contributed by atoms with Crippen molar-refractivity contribution in [1.82, 2.24) is 4.90 Å². The number of esters is 1. The van der Waals surface area contributed by atoms with Gasteiger partial charge in [-0.25, -0.2) is 4.79 Å². The predicted octanol–water partition coefficient (Wildman–Crippen LogP) is 2.89. The molecule has 7 heteroatoms. The van der Waals surface area contributed by atoms with E-state index in [2.05, 4.69) is 0 Å². The van der Waals surface area contributed by atoms with Crippen LogP contribution in [0, 0.1) is 17.0 Å². The van der Waals surface area contributed by atoms with Gasteiger partial charge in [0, 0.05) is 31.3 Å². The lowest BCUT2D eigenvalue weighted by Gasteiger charge is -2.21. The van der Waals surface area contributed by atoms with Crippen LogP contribution in [-0.4, -0.2) is 35.8 Å². The first kappa shape index (κ1) is 18.1. The van der Waals surface area contributed by atoms with E-state index in [4.69, 9.17) is 4.74 Å². The van der Waals surface area contributed by atoms with Crippen molar-refractivity contribution in [3.05, 3.63) is 75.3 Å². The van der Waals surface area contributed by atoms with Crippen molar-refractivity contribution in [3.63, 3.8) is 0 Å².